The molecule has 0 aliphatic heterocycles. The molecule has 0 fully saturated rings. The van der Waals surface area contributed by atoms with Crippen molar-refractivity contribution >= 4 is 29.3 Å². The van der Waals surface area contributed by atoms with Crippen molar-refractivity contribution < 1.29 is 14.7 Å². The molecule has 0 aromatic rings. The summed E-state index contributed by atoms with van der Waals surface area (Å²) in [4.78, 5) is 28.1. The Morgan fingerprint density at radius 1 is 1.04 bits per heavy atom. The maximum atomic E-state index is 12.3. The van der Waals surface area contributed by atoms with E-state index in [0.29, 0.717) is 0 Å². The van der Waals surface area contributed by atoms with E-state index in [-0.39, 0.29) is 23.1 Å². The molecule has 0 atom stereocenters. The zero-order chi connectivity index (χ0) is 18.6. The third-order valence-corrected chi connectivity index (χ3v) is 4.50. The molecule has 23 heavy (non-hydrogen) atoms. The average Bonchev–Trinajstić information content (AvgIpc) is 2.33. The maximum absolute atomic E-state index is 12.3. The monoisotopic (exact) mass is 342 g/mol. The number of nitrogens with two attached hydrogens (primary N) is 1. The number of hydrogen-bond acceptors (Lipinski definition) is 4. The second-order valence-electron chi connectivity index (χ2n) is 8.09. The maximum Gasteiger partial charge on any atom is 0.263 e. The van der Waals surface area contributed by atoms with E-state index in [9.17, 15) is 14.7 Å². The fraction of sp³-hybridized carbons (Fsp3) is 0.706. The second kappa shape index (κ2) is 7.51. The number of rotatable bonds is 5. The fourth-order valence-corrected chi connectivity index (χ4v) is 2.26. The first kappa shape index (κ1) is 21.7. The molecule has 0 aliphatic rings. The summed E-state index contributed by atoms with van der Waals surface area (Å²) in [5.74, 6) is -0.107. The summed E-state index contributed by atoms with van der Waals surface area (Å²) in [6, 6.07) is 0. The molecular formula is C17H30N2O3S. The van der Waals surface area contributed by atoms with Gasteiger partial charge in [-0.25, -0.2) is 0 Å². The molecule has 132 valence electrons. The SMILES string of the molecule is CC(C)(C)C(=O)CSC(C)(C)C(=O)N=C(N)/C=C(\O)C(C)(C)C. The van der Waals surface area contributed by atoms with Gasteiger partial charge in [0.1, 0.15) is 17.4 Å². The molecule has 0 radical (unpaired) electrons. The first-order chi connectivity index (χ1) is 10.1. The van der Waals surface area contributed by atoms with Crippen molar-refractivity contribution in [2.24, 2.45) is 21.6 Å². The van der Waals surface area contributed by atoms with Gasteiger partial charge in [-0.1, -0.05) is 41.5 Å². The molecule has 0 heterocycles. The van der Waals surface area contributed by atoms with Gasteiger partial charge in [-0.15, -0.1) is 11.8 Å². The number of thioether (sulfide) groups is 1. The van der Waals surface area contributed by atoms with Crippen molar-refractivity contribution in [2.75, 3.05) is 5.75 Å². The first-order valence-corrected chi connectivity index (χ1v) is 8.53. The highest BCUT2D eigenvalue weighted by Gasteiger charge is 2.31. The summed E-state index contributed by atoms with van der Waals surface area (Å²) in [6.07, 6.45) is 1.29. The number of Topliss-reactive ketones (excluding diaryl/α,β-unsaturated/α-hetero) is 1. The van der Waals surface area contributed by atoms with Crippen LogP contribution in [0.2, 0.25) is 0 Å². The van der Waals surface area contributed by atoms with Crippen LogP contribution in [0.3, 0.4) is 0 Å². The molecule has 0 saturated heterocycles. The number of amidine groups is 1. The van der Waals surface area contributed by atoms with Crippen LogP contribution in [0.25, 0.3) is 0 Å². The Morgan fingerprint density at radius 2 is 1.52 bits per heavy atom. The fourth-order valence-electron chi connectivity index (χ4n) is 1.16. The molecule has 0 bridgehead atoms. The summed E-state index contributed by atoms with van der Waals surface area (Å²) >= 11 is 1.24. The topological polar surface area (TPSA) is 92.8 Å². The molecule has 0 aliphatic carbocycles. The van der Waals surface area contributed by atoms with Gasteiger partial charge in [0.15, 0.2) is 0 Å². The third kappa shape index (κ3) is 7.68. The van der Waals surface area contributed by atoms with Crippen LogP contribution in [0.15, 0.2) is 16.8 Å². The number of carbonyl (C=O) groups is 2. The van der Waals surface area contributed by atoms with E-state index in [1.54, 1.807) is 13.8 Å². The molecule has 0 rings (SSSR count). The summed E-state index contributed by atoms with van der Waals surface area (Å²) in [6.45, 7) is 14.4. The van der Waals surface area contributed by atoms with Gasteiger partial charge < -0.3 is 10.8 Å². The largest absolute Gasteiger partial charge is 0.512 e. The number of aliphatic hydroxyl groups excluding tert-OH is 1. The Bertz CT molecular complexity index is 521. The zero-order valence-corrected chi connectivity index (χ0v) is 16.3. The van der Waals surface area contributed by atoms with Crippen LogP contribution in [-0.4, -0.2) is 33.1 Å². The van der Waals surface area contributed by atoms with Gasteiger partial charge in [-0.2, -0.15) is 4.99 Å². The van der Waals surface area contributed by atoms with E-state index >= 15 is 0 Å². The minimum Gasteiger partial charge on any atom is -0.512 e. The van der Waals surface area contributed by atoms with E-state index in [1.807, 2.05) is 41.5 Å². The van der Waals surface area contributed by atoms with Gasteiger partial charge in [0.25, 0.3) is 5.91 Å². The molecule has 0 spiro atoms. The number of allylic oxidation sites excluding steroid dienone is 1. The predicted molar refractivity (Wildman–Crippen MR) is 97.8 cm³/mol. The molecule has 1 amide bonds. The van der Waals surface area contributed by atoms with E-state index in [2.05, 4.69) is 4.99 Å². The Morgan fingerprint density at radius 3 is 1.91 bits per heavy atom. The summed E-state index contributed by atoms with van der Waals surface area (Å²) in [7, 11) is 0. The lowest BCUT2D eigenvalue weighted by Gasteiger charge is -2.23. The van der Waals surface area contributed by atoms with Crippen molar-refractivity contribution in [3.8, 4) is 0 Å². The van der Waals surface area contributed by atoms with Crippen molar-refractivity contribution in [1.82, 2.24) is 0 Å². The number of aliphatic imine (C=N–C) groups is 1. The molecule has 3 N–H and O–H groups in total. The normalized spacial score (nSPS) is 14.8. The van der Waals surface area contributed by atoms with Crippen LogP contribution in [0.1, 0.15) is 55.4 Å². The lowest BCUT2D eigenvalue weighted by Crippen LogP contribution is -2.32. The van der Waals surface area contributed by atoms with Gasteiger partial charge in [0.2, 0.25) is 0 Å². The Labute approximate surface area is 143 Å². The summed E-state index contributed by atoms with van der Waals surface area (Å²) in [5, 5.41) is 9.88. The highest BCUT2D eigenvalue weighted by Crippen LogP contribution is 2.29. The molecule has 0 aromatic heterocycles. The molecular weight excluding hydrogens is 312 g/mol. The molecule has 0 aromatic carbocycles. The number of hydrogen-bond donors (Lipinski definition) is 2. The van der Waals surface area contributed by atoms with Gasteiger partial charge in [-0.3, -0.25) is 9.59 Å². The van der Waals surface area contributed by atoms with Crippen molar-refractivity contribution in [2.45, 2.75) is 60.1 Å². The predicted octanol–water partition coefficient (Wildman–Crippen LogP) is 3.49. The molecule has 6 heteroatoms. The van der Waals surface area contributed by atoms with Crippen molar-refractivity contribution in [3.05, 3.63) is 11.8 Å². The molecule has 5 nitrogen and oxygen atoms in total. The number of amides is 1. The number of ketones is 1. The summed E-state index contributed by atoms with van der Waals surface area (Å²) in [5.41, 5.74) is 4.81. The first-order valence-electron chi connectivity index (χ1n) is 7.54. The van der Waals surface area contributed by atoms with E-state index in [0.717, 1.165) is 0 Å². The molecule has 0 unspecified atom stereocenters. The van der Waals surface area contributed by atoms with Crippen LogP contribution in [-0.2, 0) is 9.59 Å². The van der Waals surface area contributed by atoms with Crippen LogP contribution in [0, 0.1) is 10.8 Å². The Kier molecular flexibility index (Phi) is 7.09. The lowest BCUT2D eigenvalue weighted by molar-refractivity contribution is -0.123. The van der Waals surface area contributed by atoms with Gasteiger partial charge >= 0.3 is 0 Å². The van der Waals surface area contributed by atoms with E-state index in [4.69, 9.17) is 5.73 Å². The quantitative estimate of drug-likeness (QED) is 0.453. The average molecular weight is 343 g/mol. The van der Waals surface area contributed by atoms with Crippen LogP contribution < -0.4 is 5.73 Å². The standard InChI is InChI=1S/C17H30N2O3S/c1-15(2,3)11(20)9-13(18)19-14(22)17(7,8)23-10-12(21)16(4,5)6/h9,20H,10H2,1-8H3,(H2,18,19,22)/b11-9-. The number of carbonyl (C=O) groups excluding carboxylic acids is 2. The number of nitrogens with zero attached hydrogens (tertiary/aromatic N) is 1. The smallest absolute Gasteiger partial charge is 0.263 e. The third-order valence-electron chi connectivity index (χ3n) is 3.20. The highest BCUT2D eigenvalue weighted by atomic mass is 32.2. The van der Waals surface area contributed by atoms with Crippen molar-refractivity contribution in [1.29, 1.82) is 0 Å². The van der Waals surface area contributed by atoms with Gasteiger partial charge in [0.05, 0.1) is 10.5 Å². The van der Waals surface area contributed by atoms with E-state index in [1.165, 1.54) is 17.8 Å². The zero-order valence-electron chi connectivity index (χ0n) is 15.5. The minimum atomic E-state index is -0.864. The Hall–Kier alpha value is -1.30. The van der Waals surface area contributed by atoms with E-state index < -0.39 is 21.5 Å². The highest BCUT2D eigenvalue weighted by molar-refractivity contribution is 8.02. The van der Waals surface area contributed by atoms with Crippen LogP contribution >= 0.6 is 11.8 Å². The van der Waals surface area contributed by atoms with Crippen molar-refractivity contribution in [3.63, 3.8) is 0 Å². The summed E-state index contributed by atoms with van der Waals surface area (Å²) < 4.78 is -0.864. The van der Waals surface area contributed by atoms with Crippen LogP contribution in [0.5, 0.6) is 0 Å². The number of aliphatic hydroxyl groups is 1. The van der Waals surface area contributed by atoms with Crippen LogP contribution in [0.4, 0.5) is 0 Å². The van der Waals surface area contributed by atoms with Gasteiger partial charge in [-0.05, 0) is 13.8 Å². The lowest BCUT2D eigenvalue weighted by atomic mass is 9.92. The minimum absolute atomic E-state index is 0.0433. The Balaban J connectivity index is 5.01. The second-order valence-corrected chi connectivity index (χ2v) is 9.69. The molecule has 0 saturated carbocycles. The van der Waals surface area contributed by atoms with Gasteiger partial charge in [0, 0.05) is 16.9 Å².